The Morgan fingerprint density at radius 3 is 2.27 bits per heavy atom. The van der Waals surface area contributed by atoms with E-state index in [-0.39, 0.29) is 13.2 Å². The molecule has 0 atom stereocenters. The molecule has 0 spiro atoms. The third-order valence-corrected chi connectivity index (χ3v) is 1.47. The van der Waals surface area contributed by atoms with Crippen LogP contribution in [-0.2, 0) is 14.3 Å². The molecule has 0 aliphatic carbocycles. The Balaban J connectivity index is 2.64. The summed E-state index contributed by atoms with van der Waals surface area (Å²) in [7, 11) is 0. The van der Waals surface area contributed by atoms with Crippen molar-refractivity contribution in [3.05, 3.63) is 12.2 Å². The second-order valence-corrected chi connectivity index (χ2v) is 2.34. The van der Waals surface area contributed by atoms with Gasteiger partial charge in [-0.15, -0.1) is 0 Å². The summed E-state index contributed by atoms with van der Waals surface area (Å²) in [5, 5.41) is 8.64. The monoisotopic (exact) mass is 158 g/mol. The van der Waals surface area contributed by atoms with Crippen molar-refractivity contribution in [2.45, 2.75) is 12.7 Å². The molecule has 0 bridgehead atoms. The number of ether oxygens (including phenoxy) is 2. The molecule has 1 N–H and O–H groups in total. The van der Waals surface area contributed by atoms with Gasteiger partial charge in [0.15, 0.2) is 0 Å². The average Bonchev–Trinajstić information content (AvgIpc) is 2.15. The van der Waals surface area contributed by atoms with Crippen LogP contribution in [0, 0.1) is 0 Å². The van der Waals surface area contributed by atoms with Crippen LogP contribution in [0.1, 0.15) is 6.92 Å². The number of hydrogen-bond donors (Lipinski definition) is 1. The van der Waals surface area contributed by atoms with Gasteiger partial charge >= 0.3 is 5.97 Å². The maximum Gasteiger partial charge on any atom is 0.364 e. The van der Waals surface area contributed by atoms with Crippen molar-refractivity contribution in [2.24, 2.45) is 0 Å². The molecule has 0 radical (unpaired) electrons. The molecule has 1 aliphatic heterocycles. The molecule has 1 heterocycles. The maximum absolute atomic E-state index is 10.6. The molecule has 0 saturated heterocycles. The van der Waals surface area contributed by atoms with Crippen LogP contribution in [0.25, 0.3) is 0 Å². The standard InChI is InChI=1S/C7H10O4/c1-7(6(8)9)10-4-2-3-5-11-7/h2-3H,4-5H2,1H3,(H,8,9). The number of aliphatic carboxylic acids is 1. The minimum absolute atomic E-state index is 0.281. The van der Waals surface area contributed by atoms with Crippen molar-refractivity contribution < 1.29 is 19.4 Å². The zero-order chi connectivity index (χ0) is 8.32. The first-order valence-corrected chi connectivity index (χ1v) is 3.31. The molecule has 1 aliphatic rings. The summed E-state index contributed by atoms with van der Waals surface area (Å²) in [5.74, 6) is -2.58. The first-order chi connectivity index (χ1) is 5.15. The first-order valence-electron chi connectivity index (χ1n) is 3.31. The molecule has 62 valence electrons. The lowest BCUT2D eigenvalue weighted by molar-refractivity contribution is -0.226. The fourth-order valence-corrected chi connectivity index (χ4v) is 0.715. The fraction of sp³-hybridized carbons (Fsp3) is 0.571. The molecular weight excluding hydrogens is 148 g/mol. The van der Waals surface area contributed by atoms with Crippen molar-refractivity contribution in [1.82, 2.24) is 0 Å². The lowest BCUT2D eigenvalue weighted by Gasteiger charge is -2.22. The Morgan fingerprint density at radius 2 is 1.91 bits per heavy atom. The van der Waals surface area contributed by atoms with Gasteiger partial charge in [0.2, 0.25) is 0 Å². The largest absolute Gasteiger partial charge is 0.477 e. The van der Waals surface area contributed by atoms with Crippen LogP contribution in [0.3, 0.4) is 0 Å². The number of carboxylic acid groups (broad SMARTS) is 1. The summed E-state index contributed by atoms with van der Waals surface area (Å²) in [6.45, 7) is 1.95. The highest BCUT2D eigenvalue weighted by Crippen LogP contribution is 2.14. The SMILES string of the molecule is CC1(C(=O)O)OCC=CCO1. The smallest absolute Gasteiger partial charge is 0.364 e. The molecule has 11 heavy (non-hydrogen) atoms. The molecule has 0 amide bonds. The van der Waals surface area contributed by atoms with E-state index in [1.807, 2.05) is 0 Å². The molecule has 0 unspecified atom stereocenters. The Hall–Kier alpha value is -0.870. The van der Waals surface area contributed by atoms with E-state index in [0.29, 0.717) is 0 Å². The van der Waals surface area contributed by atoms with Gasteiger partial charge < -0.3 is 14.6 Å². The molecule has 0 aromatic carbocycles. The van der Waals surface area contributed by atoms with E-state index in [1.165, 1.54) is 6.92 Å². The van der Waals surface area contributed by atoms with E-state index < -0.39 is 11.8 Å². The van der Waals surface area contributed by atoms with Gasteiger partial charge in [0.05, 0.1) is 13.2 Å². The van der Waals surface area contributed by atoms with E-state index in [9.17, 15) is 4.79 Å². The number of rotatable bonds is 1. The van der Waals surface area contributed by atoms with Gasteiger partial charge in [-0.2, -0.15) is 0 Å². The van der Waals surface area contributed by atoms with Gasteiger partial charge in [-0.3, -0.25) is 0 Å². The van der Waals surface area contributed by atoms with Crippen molar-refractivity contribution in [3.63, 3.8) is 0 Å². The van der Waals surface area contributed by atoms with Crippen LogP contribution < -0.4 is 0 Å². The van der Waals surface area contributed by atoms with Crippen LogP contribution in [0.15, 0.2) is 12.2 Å². The molecule has 0 aromatic rings. The summed E-state index contributed by atoms with van der Waals surface area (Å²) >= 11 is 0. The zero-order valence-electron chi connectivity index (χ0n) is 6.24. The first kappa shape index (κ1) is 8.23. The lowest BCUT2D eigenvalue weighted by atomic mass is 10.3. The highest BCUT2D eigenvalue weighted by atomic mass is 16.7. The third kappa shape index (κ3) is 1.78. The Morgan fingerprint density at radius 1 is 1.45 bits per heavy atom. The highest BCUT2D eigenvalue weighted by Gasteiger charge is 2.35. The quantitative estimate of drug-likeness (QED) is 0.561. The van der Waals surface area contributed by atoms with E-state index >= 15 is 0 Å². The van der Waals surface area contributed by atoms with Gasteiger partial charge in [0, 0.05) is 6.92 Å². The minimum atomic E-state index is -1.48. The van der Waals surface area contributed by atoms with Crippen molar-refractivity contribution >= 4 is 5.97 Å². The van der Waals surface area contributed by atoms with Gasteiger partial charge in [0.25, 0.3) is 5.79 Å². The second kappa shape index (κ2) is 3.02. The lowest BCUT2D eigenvalue weighted by Crippen LogP contribution is -2.40. The van der Waals surface area contributed by atoms with Crippen LogP contribution in [0.5, 0.6) is 0 Å². The molecule has 1 rings (SSSR count). The van der Waals surface area contributed by atoms with Crippen molar-refractivity contribution in [2.75, 3.05) is 13.2 Å². The third-order valence-electron chi connectivity index (χ3n) is 1.47. The van der Waals surface area contributed by atoms with Gasteiger partial charge in [-0.05, 0) is 0 Å². The molecule has 4 heteroatoms. The van der Waals surface area contributed by atoms with Gasteiger partial charge in [0.1, 0.15) is 0 Å². The van der Waals surface area contributed by atoms with Gasteiger partial charge in [-0.25, -0.2) is 4.79 Å². The van der Waals surface area contributed by atoms with Crippen molar-refractivity contribution in [3.8, 4) is 0 Å². The molecule has 0 aromatic heterocycles. The normalized spacial score (nSPS) is 22.6. The maximum atomic E-state index is 10.6. The Kier molecular flexibility index (Phi) is 2.26. The highest BCUT2D eigenvalue weighted by molar-refractivity contribution is 5.75. The molecule has 0 fully saturated rings. The average molecular weight is 158 g/mol. The Bertz CT molecular complexity index is 175. The summed E-state index contributed by atoms with van der Waals surface area (Å²) < 4.78 is 9.89. The second-order valence-electron chi connectivity index (χ2n) is 2.34. The molecular formula is C7H10O4. The summed E-state index contributed by atoms with van der Waals surface area (Å²) in [6.07, 6.45) is 3.46. The van der Waals surface area contributed by atoms with E-state index in [0.717, 1.165) is 0 Å². The van der Waals surface area contributed by atoms with E-state index in [2.05, 4.69) is 0 Å². The van der Waals surface area contributed by atoms with Crippen LogP contribution in [0.2, 0.25) is 0 Å². The minimum Gasteiger partial charge on any atom is -0.477 e. The predicted octanol–water partition coefficient (Wildman–Crippen LogP) is 0.390. The van der Waals surface area contributed by atoms with E-state index in [1.54, 1.807) is 12.2 Å². The summed E-state index contributed by atoms with van der Waals surface area (Å²) in [4.78, 5) is 10.6. The fourth-order valence-electron chi connectivity index (χ4n) is 0.715. The number of hydrogen-bond acceptors (Lipinski definition) is 3. The topological polar surface area (TPSA) is 55.8 Å². The predicted molar refractivity (Wildman–Crippen MR) is 37.1 cm³/mol. The number of carboxylic acids is 1. The summed E-state index contributed by atoms with van der Waals surface area (Å²) in [6, 6.07) is 0. The number of carbonyl (C=O) groups is 1. The zero-order valence-corrected chi connectivity index (χ0v) is 6.24. The van der Waals surface area contributed by atoms with Crippen LogP contribution in [0.4, 0.5) is 0 Å². The molecule has 4 nitrogen and oxygen atoms in total. The van der Waals surface area contributed by atoms with E-state index in [4.69, 9.17) is 14.6 Å². The van der Waals surface area contributed by atoms with Crippen LogP contribution >= 0.6 is 0 Å². The van der Waals surface area contributed by atoms with Crippen LogP contribution in [-0.4, -0.2) is 30.1 Å². The van der Waals surface area contributed by atoms with Gasteiger partial charge in [-0.1, -0.05) is 12.2 Å². The molecule has 0 saturated carbocycles. The summed E-state index contributed by atoms with van der Waals surface area (Å²) in [5.41, 5.74) is 0. The Labute approximate surface area is 64.4 Å². The van der Waals surface area contributed by atoms with Crippen molar-refractivity contribution in [1.29, 1.82) is 0 Å².